The molecule has 2 amide bonds. The fourth-order valence-corrected chi connectivity index (χ4v) is 3.43. The van der Waals surface area contributed by atoms with Crippen LogP contribution < -0.4 is 0 Å². The van der Waals surface area contributed by atoms with Gasteiger partial charge in [0.15, 0.2) is 17.5 Å². The first kappa shape index (κ1) is 17.5. The minimum Gasteiger partial charge on any atom is -0.337 e. The van der Waals surface area contributed by atoms with Gasteiger partial charge in [-0.2, -0.15) is 0 Å². The summed E-state index contributed by atoms with van der Waals surface area (Å²) in [4.78, 5) is 28.4. The Morgan fingerprint density at radius 3 is 2.20 bits per heavy atom. The van der Waals surface area contributed by atoms with Crippen molar-refractivity contribution in [1.82, 2.24) is 9.80 Å². The normalized spacial score (nSPS) is 15.2. The average molecular weight is 368 g/mol. The molecular weight excluding hydrogens is 353 g/mol. The molecule has 25 heavy (non-hydrogen) atoms. The molecule has 4 nitrogen and oxygen atoms in total. The Morgan fingerprint density at radius 1 is 0.880 bits per heavy atom. The number of nitrogens with zero attached hydrogens (tertiary/aromatic N) is 2. The molecule has 1 aromatic heterocycles. The van der Waals surface area contributed by atoms with Crippen LogP contribution >= 0.6 is 11.3 Å². The number of hydrogen-bond donors (Lipinski definition) is 0. The van der Waals surface area contributed by atoms with Crippen molar-refractivity contribution in [3.05, 3.63) is 57.5 Å². The van der Waals surface area contributed by atoms with E-state index in [2.05, 4.69) is 0 Å². The van der Waals surface area contributed by atoms with Crippen molar-refractivity contribution in [2.24, 2.45) is 0 Å². The van der Waals surface area contributed by atoms with Gasteiger partial charge in [0.2, 0.25) is 0 Å². The number of carbonyl (C=O) groups excluding carboxylic acids is 2. The van der Waals surface area contributed by atoms with E-state index in [-0.39, 0.29) is 12.5 Å². The summed E-state index contributed by atoms with van der Waals surface area (Å²) in [6, 6.07) is 5.19. The lowest BCUT2D eigenvalue weighted by atomic mass is 10.1. The third-order valence-corrected chi connectivity index (χ3v) is 4.93. The van der Waals surface area contributed by atoms with Crippen LogP contribution in [0.1, 0.15) is 26.5 Å². The molecule has 1 fully saturated rings. The summed E-state index contributed by atoms with van der Waals surface area (Å²) in [7, 11) is 0. The van der Waals surface area contributed by atoms with E-state index in [9.17, 15) is 22.8 Å². The van der Waals surface area contributed by atoms with Crippen LogP contribution in [-0.4, -0.2) is 47.8 Å². The number of halogens is 3. The molecule has 0 bridgehead atoms. The predicted octanol–water partition coefficient (Wildman–Crippen LogP) is 3.15. The number of carbonyl (C=O) groups is 2. The third-order valence-electron chi connectivity index (χ3n) is 4.07. The van der Waals surface area contributed by atoms with Crippen LogP contribution in [-0.2, 0) is 0 Å². The molecule has 0 unspecified atom stereocenters. The second kappa shape index (κ2) is 7.26. The van der Waals surface area contributed by atoms with Gasteiger partial charge in [-0.15, -0.1) is 11.3 Å². The fourth-order valence-electron chi connectivity index (χ4n) is 2.74. The van der Waals surface area contributed by atoms with Crippen LogP contribution in [0.5, 0.6) is 0 Å². The van der Waals surface area contributed by atoms with Gasteiger partial charge >= 0.3 is 0 Å². The number of rotatable bonds is 2. The molecule has 3 rings (SSSR count). The molecule has 8 heteroatoms. The molecule has 2 aromatic rings. The van der Waals surface area contributed by atoms with Crippen molar-refractivity contribution >= 4 is 23.2 Å². The van der Waals surface area contributed by atoms with Crippen molar-refractivity contribution in [2.45, 2.75) is 6.42 Å². The zero-order valence-corrected chi connectivity index (χ0v) is 14.0. The molecule has 0 radical (unpaired) electrons. The standard InChI is InChI=1S/C17H15F3N2O2S/c18-12-5-4-11(14(19)15(12)20)16(23)21-6-2-7-22(9-8-21)17(24)13-3-1-10-25-13/h1,3-5,10H,2,6-9H2. The van der Waals surface area contributed by atoms with Gasteiger partial charge in [0, 0.05) is 26.2 Å². The largest absolute Gasteiger partial charge is 0.337 e. The third kappa shape index (κ3) is 3.53. The summed E-state index contributed by atoms with van der Waals surface area (Å²) in [5.41, 5.74) is -0.503. The lowest BCUT2D eigenvalue weighted by Crippen LogP contribution is -2.37. The number of hydrogen-bond acceptors (Lipinski definition) is 3. The monoisotopic (exact) mass is 368 g/mol. The first-order valence-electron chi connectivity index (χ1n) is 7.74. The molecule has 1 aliphatic rings. The van der Waals surface area contributed by atoms with Gasteiger partial charge < -0.3 is 9.80 Å². The molecule has 132 valence electrons. The Hall–Kier alpha value is -2.35. The molecule has 1 aromatic carbocycles. The van der Waals surface area contributed by atoms with E-state index in [1.165, 1.54) is 16.2 Å². The van der Waals surface area contributed by atoms with E-state index in [0.717, 1.165) is 12.1 Å². The molecule has 0 atom stereocenters. The van der Waals surface area contributed by atoms with Crippen molar-refractivity contribution in [1.29, 1.82) is 0 Å². The van der Waals surface area contributed by atoms with E-state index in [0.29, 0.717) is 30.9 Å². The Bertz CT molecular complexity index is 795. The smallest absolute Gasteiger partial charge is 0.263 e. The maximum absolute atomic E-state index is 13.8. The fraction of sp³-hybridized carbons (Fsp3) is 0.294. The van der Waals surface area contributed by atoms with Crippen molar-refractivity contribution < 1.29 is 22.8 Å². The van der Waals surface area contributed by atoms with Crippen LogP contribution in [0, 0.1) is 17.5 Å². The van der Waals surface area contributed by atoms with Gasteiger partial charge in [-0.1, -0.05) is 6.07 Å². The lowest BCUT2D eigenvalue weighted by Gasteiger charge is -2.22. The summed E-state index contributed by atoms with van der Waals surface area (Å²) in [6.07, 6.45) is 0.522. The Labute approximate surface area is 146 Å². The molecule has 1 aliphatic heterocycles. The minimum atomic E-state index is -1.66. The van der Waals surface area contributed by atoms with Gasteiger partial charge in [0.05, 0.1) is 10.4 Å². The van der Waals surface area contributed by atoms with Crippen LogP contribution in [0.15, 0.2) is 29.6 Å². The van der Waals surface area contributed by atoms with Gasteiger partial charge in [-0.3, -0.25) is 9.59 Å². The van der Waals surface area contributed by atoms with E-state index >= 15 is 0 Å². The molecule has 0 saturated carbocycles. The molecule has 2 heterocycles. The number of amides is 2. The maximum atomic E-state index is 13.8. The summed E-state index contributed by atoms with van der Waals surface area (Å²) in [5, 5.41) is 1.81. The van der Waals surface area contributed by atoms with Crippen molar-refractivity contribution in [3.8, 4) is 0 Å². The SMILES string of the molecule is O=C(c1cccs1)N1CCCN(C(=O)c2ccc(F)c(F)c2F)CC1. The van der Waals surface area contributed by atoms with Crippen molar-refractivity contribution in [3.63, 3.8) is 0 Å². The topological polar surface area (TPSA) is 40.6 Å². The first-order valence-corrected chi connectivity index (χ1v) is 8.62. The van der Waals surface area contributed by atoms with E-state index in [4.69, 9.17) is 0 Å². The zero-order chi connectivity index (χ0) is 18.0. The number of thiophene rings is 1. The van der Waals surface area contributed by atoms with Gasteiger partial charge in [0.1, 0.15) is 0 Å². The highest BCUT2D eigenvalue weighted by molar-refractivity contribution is 7.12. The second-order valence-electron chi connectivity index (χ2n) is 5.64. The molecule has 1 saturated heterocycles. The highest BCUT2D eigenvalue weighted by atomic mass is 32.1. The van der Waals surface area contributed by atoms with Crippen LogP contribution in [0.4, 0.5) is 13.2 Å². The second-order valence-corrected chi connectivity index (χ2v) is 6.59. The summed E-state index contributed by atoms with van der Waals surface area (Å²) in [5.74, 6) is -5.29. The van der Waals surface area contributed by atoms with Crippen LogP contribution in [0.2, 0.25) is 0 Å². The minimum absolute atomic E-state index is 0.108. The quantitative estimate of drug-likeness (QED) is 0.764. The van der Waals surface area contributed by atoms with Gasteiger partial charge in [0.25, 0.3) is 11.8 Å². The van der Waals surface area contributed by atoms with E-state index in [1.54, 1.807) is 17.0 Å². The predicted molar refractivity (Wildman–Crippen MR) is 87.1 cm³/mol. The molecular formula is C17H15F3N2O2S. The lowest BCUT2D eigenvalue weighted by molar-refractivity contribution is 0.0717. The highest BCUT2D eigenvalue weighted by Crippen LogP contribution is 2.19. The van der Waals surface area contributed by atoms with Gasteiger partial charge in [-0.25, -0.2) is 13.2 Å². The Balaban J connectivity index is 1.72. The van der Waals surface area contributed by atoms with Gasteiger partial charge in [-0.05, 0) is 30.0 Å². The number of benzene rings is 1. The Morgan fingerprint density at radius 2 is 1.56 bits per heavy atom. The first-order chi connectivity index (χ1) is 12.0. The average Bonchev–Trinajstić information content (AvgIpc) is 3.03. The molecule has 0 spiro atoms. The van der Waals surface area contributed by atoms with Crippen LogP contribution in [0.25, 0.3) is 0 Å². The van der Waals surface area contributed by atoms with E-state index < -0.39 is 28.9 Å². The molecule has 0 aliphatic carbocycles. The maximum Gasteiger partial charge on any atom is 0.263 e. The highest BCUT2D eigenvalue weighted by Gasteiger charge is 2.27. The van der Waals surface area contributed by atoms with Crippen LogP contribution in [0.3, 0.4) is 0 Å². The summed E-state index contributed by atoms with van der Waals surface area (Å²) < 4.78 is 40.2. The summed E-state index contributed by atoms with van der Waals surface area (Å²) >= 11 is 1.34. The Kier molecular flexibility index (Phi) is 5.08. The molecule has 0 N–H and O–H groups in total. The zero-order valence-electron chi connectivity index (χ0n) is 13.2. The van der Waals surface area contributed by atoms with E-state index in [1.807, 2.05) is 5.38 Å². The van der Waals surface area contributed by atoms with Crippen molar-refractivity contribution in [2.75, 3.05) is 26.2 Å². The summed E-state index contributed by atoms with van der Waals surface area (Å²) in [6.45, 7) is 1.29.